The molecule has 0 unspecified atom stereocenters. The van der Waals surface area contributed by atoms with Gasteiger partial charge in [-0.2, -0.15) is 0 Å². The Hall–Kier alpha value is -3.49. The summed E-state index contributed by atoms with van der Waals surface area (Å²) >= 11 is 0. The molecule has 0 N–H and O–H groups in total. The van der Waals surface area contributed by atoms with E-state index >= 15 is 0 Å². The highest BCUT2D eigenvalue weighted by Crippen LogP contribution is 2.25. The predicted octanol–water partition coefficient (Wildman–Crippen LogP) is 2.31. The third kappa shape index (κ3) is 6.07. The zero-order valence-corrected chi connectivity index (χ0v) is 14.5. The molecule has 0 radical (unpaired) electrons. The fourth-order valence-electron chi connectivity index (χ4n) is 2.16. The summed E-state index contributed by atoms with van der Waals surface area (Å²) in [5.74, 6) is -1.82. The second-order valence-electron chi connectivity index (χ2n) is 5.55. The van der Waals surface area contributed by atoms with Gasteiger partial charge in [-0.05, 0) is 23.8 Å². The van der Waals surface area contributed by atoms with E-state index < -0.39 is 35.8 Å². The summed E-state index contributed by atoms with van der Waals surface area (Å²) in [6, 6.07) is 11.4. The molecule has 8 nitrogen and oxygen atoms in total. The predicted molar refractivity (Wildman–Crippen MR) is 92.4 cm³/mol. The monoisotopic (exact) mass is 376 g/mol. The Kier molecular flexibility index (Phi) is 6.81. The average molecular weight is 376 g/mol. The smallest absolute Gasteiger partial charge is 0.344 e. The highest BCUT2D eigenvalue weighted by atomic mass is 19.1. The molecular weight excluding hydrogens is 359 g/mol. The number of nitrogens with zero attached hydrogens (tertiary/aromatic N) is 2. The number of esters is 1. The third-order valence-electron chi connectivity index (χ3n) is 3.50. The second kappa shape index (κ2) is 9.27. The number of nitro groups is 1. The van der Waals surface area contributed by atoms with Crippen LogP contribution >= 0.6 is 0 Å². The fraction of sp³-hybridized carbons (Fsp3) is 0.222. The second-order valence-corrected chi connectivity index (χ2v) is 5.55. The lowest BCUT2D eigenvalue weighted by Crippen LogP contribution is -2.31. The van der Waals surface area contributed by atoms with Crippen LogP contribution in [0.5, 0.6) is 5.75 Å². The molecule has 0 atom stereocenters. The van der Waals surface area contributed by atoms with Gasteiger partial charge in [0, 0.05) is 19.7 Å². The van der Waals surface area contributed by atoms with Crippen molar-refractivity contribution in [2.75, 3.05) is 20.3 Å². The van der Waals surface area contributed by atoms with Crippen molar-refractivity contribution in [3.63, 3.8) is 0 Å². The van der Waals surface area contributed by atoms with Gasteiger partial charge in [0.15, 0.2) is 19.0 Å². The zero-order chi connectivity index (χ0) is 19.8. The van der Waals surface area contributed by atoms with E-state index in [1.807, 2.05) is 0 Å². The van der Waals surface area contributed by atoms with E-state index in [1.165, 1.54) is 54.4 Å². The van der Waals surface area contributed by atoms with Crippen LogP contribution in [0.3, 0.4) is 0 Å². The van der Waals surface area contributed by atoms with Crippen LogP contribution in [0.2, 0.25) is 0 Å². The van der Waals surface area contributed by atoms with Crippen molar-refractivity contribution in [2.24, 2.45) is 0 Å². The highest BCUT2D eigenvalue weighted by molar-refractivity contribution is 5.80. The molecule has 2 aromatic carbocycles. The van der Waals surface area contributed by atoms with Gasteiger partial charge >= 0.3 is 11.7 Å². The number of hydrogen-bond acceptors (Lipinski definition) is 6. The molecule has 2 aromatic rings. The van der Waals surface area contributed by atoms with Crippen LogP contribution in [0, 0.1) is 15.9 Å². The molecule has 27 heavy (non-hydrogen) atoms. The van der Waals surface area contributed by atoms with Crippen molar-refractivity contribution in [1.29, 1.82) is 0 Å². The number of amides is 1. The lowest BCUT2D eigenvalue weighted by Gasteiger charge is -2.17. The molecule has 0 spiro atoms. The maximum Gasteiger partial charge on any atom is 0.344 e. The molecule has 9 heteroatoms. The minimum atomic E-state index is -0.847. The summed E-state index contributed by atoms with van der Waals surface area (Å²) in [7, 11) is 1.49. The molecule has 0 saturated carbocycles. The number of carbonyl (C=O) groups is 2. The summed E-state index contributed by atoms with van der Waals surface area (Å²) in [4.78, 5) is 35.2. The van der Waals surface area contributed by atoms with Crippen molar-refractivity contribution >= 4 is 17.6 Å². The number of nitro benzene ring substituents is 1. The number of rotatable bonds is 8. The topological polar surface area (TPSA) is 99.0 Å². The Morgan fingerprint density at radius 1 is 1.15 bits per heavy atom. The van der Waals surface area contributed by atoms with Crippen LogP contribution in [0.1, 0.15) is 5.56 Å². The van der Waals surface area contributed by atoms with Crippen LogP contribution in [0.4, 0.5) is 10.1 Å². The molecule has 0 aliphatic heterocycles. The molecule has 0 saturated heterocycles. The van der Waals surface area contributed by atoms with E-state index in [0.29, 0.717) is 5.56 Å². The van der Waals surface area contributed by atoms with E-state index in [4.69, 9.17) is 9.47 Å². The number of para-hydroxylation sites is 2. The molecule has 0 aliphatic carbocycles. The van der Waals surface area contributed by atoms with E-state index in [1.54, 1.807) is 6.07 Å². The van der Waals surface area contributed by atoms with Crippen LogP contribution < -0.4 is 4.74 Å². The number of carbonyl (C=O) groups excluding carboxylic acids is 2. The lowest BCUT2D eigenvalue weighted by atomic mass is 10.2. The number of ether oxygens (including phenoxy) is 2. The first kappa shape index (κ1) is 19.8. The summed E-state index contributed by atoms with van der Waals surface area (Å²) in [5.41, 5.74) is 0.313. The standard InChI is InChI=1S/C18H17FN2O6/c1-20(10-13-5-4-6-14(19)9-13)17(22)11-27-18(23)12-26-16-8-3-2-7-15(16)21(24)25/h2-9H,10-12H2,1H3. The van der Waals surface area contributed by atoms with Gasteiger partial charge in [-0.25, -0.2) is 9.18 Å². The normalized spacial score (nSPS) is 10.1. The maximum absolute atomic E-state index is 13.1. The summed E-state index contributed by atoms with van der Waals surface area (Å²) in [6.07, 6.45) is 0. The van der Waals surface area contributed by atoms with Gasteiger partial charge in [-0.3, -0.25) is 14.9 Å². The van der Waals surface area contributed by atoms with Crippen LogP contribution in [0.15, 0.2) is 48.5 Å². The quantitative estimate of drug-likeness (QED) is 0.398. The van der Waals surface area contributed by atoms with Crippen molar-refractivity contribution < 1.29 is 28.4 Å². The summed E-state index contributed by atoms with van der Waals surface area (Å²) < 4.78 is 23.0. The molecule has 2 rings (SSSR count). The Bertz CT molecular complexity index is 842. The zero-order valence-electron chi connectivity index (χ0n) is 14.5. The van der Waals surface area contributed by atoms with E-state index in [0.717, 1.165) is 0 Å². The third-order valence-corrected chi connectivity index (χ3v) is 3.50. The molecule has 0 aliphatic rings. The van der Waals surface area contributed by atoms with E-state index in [2.05, 4.69) is 0 Å². The lowest BCUT2D eigenvalue weighted by molar-refractivity contribution is -0.385. The highest BCUT2D eigenvalue weighted by Gasteiger charge is 2.17. The Morgan fingerprint density at radius 3 is 2.59 bits per heavy atom. The minimum Gasteiger partial charge on any atom is -0.475 e. The number of hydrogen-bond donors (Lipinski definition) is 0. The van der Waals surface area contributed by atoms with Crippen molar-refractivity contribution in [1.82, 2.24) is 4.90 Å². The van der Waals surface area contributed by atoms with Crippen molar-refractivity contribution in [3.8, 4) is 5.75 Å². The van der Waals surface area contributed by atoms with Gasteiger partial charge < -0.3 is 14.4 Å². The van der Waals surface area contributed by atoms with Gasteiger partial charge in [0.05, 0.1) is 4.92 Å². The van der Waals surface area contributed by atoms with Crippen LogP contribution in [-0.4, -0.2) is 42.0 Å². The molecule has 0 heterocycles. The minimum absolute atomic E-state index is 0.0750. The first-order valence-corrected chi connectivity index (χ1v) is 7.87. The number of likely N-dealkylation sites (N-methyl/N-ethyl adjacent to an activating group) is 1. The van der Waals surface area contributed by atoms with Crippen LogP contribution in [0.25, 0.3) is 0 Å². The van der Waals surface area contributed by atoms with Gasteiger partial charge in [-0.1, -0.05) is 24.3 Å². The number of halogens is 1. The van der Waals surface area contributed by atoms with Gasteiger partial charge in [0.2, 0.25) is 0 Å². The summed E-state index contributed by atoms with van der Waals surface area (Å²) in [5, 5.41) is 10.9. The first-order chi connectivity index (χ1) is 12.9. The molecule has 142 valence electrons. The average Bonchev–Trinajstić information content (AvgIpc) is 2.64. The van der Waals surface area contributed by atoms with Crippen LogP contribution in [-0.2, 0) is 20.9 Å². The van der Waals surface area contributed by atoms with E-state index in [9.17, 15) is 24.1 Å². The maximum atomic E-state index is 13.1. The van der Waals surface area contributed by atoms with Gasteiger partial charge in [0.25, 0.3) is 5.91 Å². The Balaban J connectivity index is 1.79. The SMILES string of the molecule is CN(Cc1cccc(F)c1)C(=O)COC(=O)COc1ccccc1[N+](=O)[O-]. The Morgan fingerprint density at radius 2 is 1.89 bits per heavy atom. The molecule has 0 fully saturated rings. The molecular formula is C18H17FN2O6. The Labute approximate surface area is 154 Å². The number of benzene rings is 2. The van der Waals surface area contributed by atoms with Gasteiger partial charge in [0.1, 0.15) is 5.82 Å². The van der Waals surface area contributed by atoms with Crippen molar-refractivity contribution in [2.45, 2.75) is 6.54 Å². The van der Waals surface area contributed by atoms with E-state index in [-0.39, 0.29) is 18.0 Å². The fourth-order valence-corrected chi connectivity index (χ4v) is 2.16. The first-order valence-electron chi connectivity index (χ1n) is 7.87. The molecule has 0 aromatic heterocycles. The van der Waals surface area contributed by atoms with Crippen molar-refractivity contribution in [3.05, 3.63) is 70.0 Å². The summed E-state index contributed by atoms with van der Waals surface area (Å²) in [6.45, 7) is -0.947. The van der Waals surface area contributed by atoms with Gasteiger partial charge in [-0.15, -0.1) is 0 Å². The molecule has 1 amide bonds. The largest absolute Gasteiger partial charge is 0.475 e. The molecule has 0 bridgehead atoms.